The Balaban J connectivity index is 1.81. The fraction of sp³-hybridized carbons (Fsp3) is 0.933. The molecule has 0 aromatic carbocycles. The Morgan fingerprint density at radius 3 is 2.63 bits per heavy atom. The first-order valence-electron chi connectivity index (χ1n) is 7.92. The maximum absolute atomic E-state index is 12.6. The number of ether oxygens (including phenoxy) is 1. The average molecular weight is 266 g/mol. The summed E-state index contributed by atoms with van der Waals surface area (Å²) in [6, 6.07) is 0.306. The molecule has 0 spiro atoms. The van der Waals surface area contributed by atoms with E-state index in [-0.39, 0.29) is 24.4 Å². The molecule has 3 rings (SSSR count). The van der Waals surface area contributed by atoms with Crippen LogP contribution in [0.4, 0.5) is 0 Å². The van der Waals surface area contributed by atoms with Crippen LogP contribution in [0, 0.1) is 5.92 Å². The Kier molecular flexibility index (Phi) is 3.81. The number of hydrogen-bond donors (Lipinski definition) is 1. The van der Waals surface area contributed by atoms with Gasteiger partial charge in [-0.1, -0.05) is 19.8 Å². The fourth-order valence-electron chi connectivity index (χ4n) is 4.06. The number of amides is 1. The van der Waals surface area contributed by atoms with Crippen molar-refractivity contribution in [1.82, 2.24) is 10.2 Å². The highest BCUT2D eigenvalue weighted by atomic mass is 16.5. The van der Waals surface area contributed by atoms with Crippen molar-refractivity contribution in [1.29, 1.82) is 0 Å². The molecular formula is C15H26N2O2. The molecule has 2 heterocycles. The second-order valence-corrected chi connectivity index (χ2v) is 6.29. The van der Waals surface area contributed by atoms with Crippen LogP contribution in [0.15, 0.2) is 0 Å². The van der Waals surface area contributed by atoms with E-state index < -0.39 is 0 Å². The molecule has 0 radical (unpaired) electrons. The fourth-order valence-corrected chi connectivity index (χ4v) is 4.06. The summed E-state index contributed by atoms with van der Waals surface area (Å²) in [6.07, 6.45) is 7.49. The van der Waals surface area contributed by atoms with Gasteiger partial charge in [-0.05, 0) is 38.5 Å². The molecule has 19 heavy (non-hydrogen) atoms. The Labute approximate surface area is 115 Å². The first-order valence-corrected chi connectivity index (χ1v) is 7.92. The highest BCUT2D eigenvalue weighted by Crippen LogP contribution is 2.35. The van der Waals surface area contributed by atoms with E-state index in [1.165, 1.54) is 25.7 Å². The number of nitrogens with one attached hydrogen (secondary N) is 1. The second kappa shape index (κ2) is 5.41. The average Bonchev–Trinajstić information content (AvgIpc) is 3.09. The van der Waals surface area contributed by atoms with E-state index >= 15 is 0 Å². The predicted octanol–water partition coefficient (Wildman–Crippen LogP) is 1.89. The summed E-state index contributed by atoms with van der Waals surface area (Å²) >= 11 is 0. The third-order valence-electron chi connectivity index (χ3n) is 5.17. The molecule has 1 N–H and O–H groups in total. The number of carbonyl (C=O) groups excluding carboxylic acids is 1. The van der Waals surface area contributed by atoms with Gasteiger partial charge in [-0.2, -0.15) is 0 Å². The molecule has 3 fully saturated rings. The smallest absolute Gasteiger partial charge is 0.241 e. The first kappa shape index (κ1) is 13.4. The minimum atomic E-state index is 0.0263. The molecular weight excluding hydrogens is 240 g/mol. The molecule has 1 aliphatic carbocycles. The lowest BCUT2D eigenvalue weighted by Crippen LogP contribution is -2.50. The number of hydrogen-bond acceptors (Lipinski definition) is 3. The van der Waals surface area contributed by atoms with Gasteiger partial charge in [-0.25, -0.2) is 0 Å². The summed E-state index contributed by atoms with van der Waals surface area (Å²) in [6.45, 7) is 5.00. The zero-order chi connectivity index (χ0) is 13.4. The molecule has 2 aliphatic heterocycles. The van der Waals surface area contributed by atoms with Gasteiger partial charge in [0.05, 0.1) is 24.4 Å². The monoisotopic (exact) mass is 266 g/mol. The van der Waals surface area contributed by atoms with Crippen LogP contribution in [0.3, 0.4) is 0 Å². The van der Waals surface area contributed by atoms with Gasteiger partial charge in [0.15, 0.2) is 0 Å². The molecule has 4 atom stereocenters. The molecule has 0 aromatic rings. The summed E-state index contributed by atoms with van der Waals surface area (Å²) in [5.74, 6) is 0.954. The lowest BCUT2D eigenvalue weighted by molar-refractivity contribution is -0.134. The molecule has 0 aromatic heterocycles. The van der Waals surface area contributed by atoms with Gasteiger partial charge >= 0.3 is 0 Å². The molecule has 1 amide bonds. The molecule has 3 aliphatic rings. The van der Waals surface area contributed by atoms with Crippen molar-refractivity contribution in [2.24, 2.45) is 5.92 Å². The predicted molar refractivity (Wildman–Crippen MR) is 73.6 cm³/mol. The second-order valence-electron chi connectivity index (χ2n) is 6.29. The van der Waals surface area contributed by atoms with Crippen LogP contribution < -0.4 is 5.32 Å². The Hall–Kier alpha value is -0.610. The summed E-state index contributed by atoms with van der Waals surface area (Å²) in [5.41, 5.74) is 0. The van der Waals surface area contributed by atoms with E-state index in [2.05, 4.69) is 24.1 Å². The Bertz CT molecular complexity index is 341. The number of nitrogens with zero attached hydrogens (tertiary/aromatic N) is 1. The molecule has 4 unspecified atom stereocenters. The zero-order valence-corrected chi connectivity index (χ0v) is 12.1. The maximum atomic E-state index is 12.6. The Morgan fingerprint density at radius 2 is 2.05 bits per heavy atom. The lowest BCUT2D eigenvalue weighted by atomic mass is 10.0. The van der Waals surface area contributed by atoms with Crippen LogP contribution >= 0.6 is 0 Å². The topological polar surface area (TPSA) is 41.6 Å². The summed E-state index contributed by atoms with van der Waals surface area (Å²) in [5, 5.41) is 3.60. The third kappa shape index (κ3) is 2.29. The van der Waals surface area contributed by atoms with E-state index in [0.717, 1.165) is 19.4 Å². The van der Waals surface area contributed by atoms with Crippen LogP contribution in [0.5, 0.6) is 0 Å². The van der Waals surface area contributed by atoms with Crippen LogP contribution in [-0.4, -0.2) is 41.8 Å². The summed E-state index contributed by atoms with van der Waals surface area (Å²) in [7, 11) is 0. The van der Waals surface area contributed by atoms with Crippen molar-refractivity contribution < 1.29 is 9.53 Å². The quantitative estimate of drug-likeness (QED) is 0.848. The highest BCUT2D eigenvalue weighted by Gasteiger charge is 2.47. The largest absolute Gasteiger partial charge is 0.376 e. The molecule has 1 saturated carbocycles. The normalized spacial score (nSPS) is 40.5. The minimum Gasteiger partial charge on any atom is -0.376 e. The van der Waals surface area contributed by atoms with Crippen molar-refractivity contribution in [3.63, 3.8) is 0 Å². The van der Waals surface area contributed by atoms with Gasteiger partial charge in [0.2, 0.25) is 5.91 Å². The molecule has 108 valence electrons. The van der Waals surface area contributed by atoms with E-state index in [4.69, 9.17) is 4.74 Å². The summed E-state index contributed by atoms with van der Waals surface area (Å²) < 4.78 is 5.68. The highest BCUT2D eigenvalue weighted by molar-refractivity contribution is 5.84. The molecule has 2 saturated heterocycles. The zero-order valence-electron chi connectivity index (χ0n) is 12.1. The van der Waals surface area contributed by atoms with E-state index in [1.54, 1.807) is 0 Å². The van der Waals surface area contributed by atoms with Gasteiger partial charge in [0, 0.05) is 6.61 Å². The molecule has 0 bridgehead atoms. The van der Waals surface area contributed by atoms with Gasteiger partial charge in [0.25, 0.3) is 0 Å². The van der Waals surface area contributed by atoms with Gasteiger partial charge in [0.1, 0.15) is 0 Å². The van der Waals surface area contributed by atoms with Crippen LogP contribution in [0.1, 0.15) is 52.4 Å². The lowest BCUT2D eigenvalue weighted by Gasteiger charge is -2.35. The summed E-state index contributed by atoms with van der Waals surface area (Å²) in [4.78, 5) is 14.8. The van der Waals surface area contributed by atoms with E-state index in [9.17, 15) is 4.79 Å². The van der Waals surface area contributed by atoms with Crippen molar-refractivity contribution in [3.05, 3.63) is 0 Å². The van der Waals surface area contributed by atoms with Gasteiger partial charge in [-0.15, -0.1) is 0 Å². The van der Waals surface area contributed by atoms with E-state index in [0.29, 0.717) is 11.8 Å². The molecule has 4 nitrogen and oxygen atoms in total. The Morgan fingerprint density at radius 1 is 1.32 bits per heavy atom. The molecule has 4 heteroatoms. The standard InChI is InChI=1S/C15H26N2O2/c1-3-12-15(18)17(13-8-9-19-10(13)2)14(16-12)11-6-4-5-7-11/h10-14,16H,3-9H2,1-2H3. The van der Waals surface area contributed by atoms with Crippen LogP contribution in [0.2, 0.25) is 0 Å². The SMILES string of the molecule is CCC1NC(C2CCCC2)N(C2CCOC2C)C1=O. The first-order chi connectivity index (χ1) is 9.22. The van der Waals surface area contributed by atoms with E-state index in [1.807, 2.05) is 0 Å². The van der Waals surface area contributed by atoms with Gasteiger partial charge < -0.3 is 9.64 Å². The van der Waals surface area contributed by atoms with Crippen molar-refractivity contribution in [2.75, 3.05) is 6.61 Å². The van der Waals surface area contributed by atoms with Crippen LogP contribution in [-0.2, 0) is 9.53 Å². The third-order valence-corrected chi connectivity index (χ3v) is 5.17. The number of carbonyl (C=O) groups is 1. The number of rotatable bonds is 3. The van der Waals surface area contributed by atoms with Crippen molar-refractivity contribution in [2.45, 2.75) is 76.7 Å². The van der Waals surface area contributed by atoms with Crippen LogP contribution in [0.25, 0.3) is 0 Å². The van der Waals surface area contributed by atoms with Crippen molar-refractivity contribution >= 4 is 5.91 Å². The maximum Gasteiger partial charge on any atom is 0.241 e. The van der Waals surface area contributed by atoms with Gasteiger partial charge in [-0.3, -0.25) is 10.1 Å². The van der Waals surface area contributed by atoms with Crippen molar-refractivity contribution in [3.8, 4) is 0 Å². The minimum absolute atomic E-state index is 0.0263.